The highest BCUT2D eigenvalue weighted by Gasteiger charge is 2.36. The highest BCUT2D eigenvalue weighted by atomic mass is 19.4. The van der Waals surface area contributed by atoms with E-state index in [1.165, 1.54) is 13.3 Å². The highest BCUT2D eigenvalue weighted by molar-refractivity contribution is 5.76. The third-order valence-electron chi connectivity index (χ3n) is 3.29. The Balaban J connectivity index is 2.18. The Morgan fingerprint density at radius 1 is 1.38 bits per heavy atom. The van der Waals surface area contributed by atoms with Gasteiger partial charge in [0, 0.05) is 6.20 Å². The molecule has 0 aliphatic heterocycles. The second-order valence-corrected chi connectivity index (χ2v) is 4.75. The molecule has 7 heteroatoms. The molecule has 1 aliphatic carbocycles. The van der Waals surface area contributed by atoms with Gasteiger partial charge in [-0.2, -0.15) is 13.2 Å². The lowest BCUT2D eigenvalue weighted by Gasteiger charge is -2.26. The van der Waals surface area contributed by atoms with Crippen LogP contribution in [0.2, 0.25) is 0 Å². The minimum absolute atomic E-state index is 0.199. The first-order valence-corrected chi connectivity index (χ1v) is 6.23. The van der Waals surface area contributed by atoms with E-state index in [0.29, 0.717) is 18.4 Å². The number of carbonyl (C=O) groups excluding carboxylic acids is 1. The first kappa shape index (κ1) is 15.3. The molecule has 0 amide bonds. The molecule has 21 heavy (non-hydrogen) atoms. The van der Waals surface area contributed by atoms with E-state index in [0.717, 1.165) is 18.7 Å². The van der Waals surface area contributed by atoms with Gasteiger partial charge in [-0.25, -0.2) is 4.98 Å². The zero-order valence-electron chi connectivity index (χ0n) is 11.5. The van der Waals surface area contributed by atoms with Crippen molar-refractivity contribution in [3.05, 3.63) is 29.0 Å². The van der Waals surface area contributed by atoms with Crippen LogP contribution in [0, 0.1) is 5.92 Å². The Hall–Kier alpha value is -2.05. The van der Waals surface area contributed by atoms with Gasteiger partial charge in [0.2, 0.25) is 5.88 Å². The van der Waals surface area contributed by atoms with Crippen LogP contribution in [0.25, 0.3) is 6.08 Å². The smallest absolute Gasteiger partial charge is 0.421 e. The summed E-state index contributed by atoms with van der Waals surface area (Å²) in [6.07, 6.45) is -0.602. The molecule has 1 heterocycles. The monoisotopic (exact) mass is 301 g/mol. The van der Waals surface area contributed by atoms with Crippen molar-refractivity contribution >= 4 is 12.0 Å². The summed E-state index contributed by atoms with van der Waals surface area (Å²) in [4.78, 5) is 14.9. The fraction of sp³-hybridized carbons (Fsp3) is 0.429. The SMILES string of the molecule is COC(=O)C1CC(=Cc2cnc(OC)c(C(F)(F)F)c2)C1. The molecule has 0 saturated heterocycles. The third kappa shape index (κ3) is 3.34. The summed E-state index contributed by atoms with van der Waals surface area (Å²) in [5, 5.41) is 0. The lowest BCUT2D eigenvalue weighted by Crippen LogP contribution is -2.25. The highest BCUT2D eigenvalue weighted by Crippen LogP contribution is 2.38. The number of aromatic nitrogens is 1. The minimum Gasteiger partial charge on any atom is -0.481 e. The molecular formula is C14H14F3NO3. The predicted octanol–water partition coefficient (Wildman–Crippen LogP) is 3.08. The van der Waals surface area contributed by atoms with Crippen LogP contribution in [0.15, 0.2) is 17.8 Å². The Morgan fingerprint density at radius 2 is 2.05 bits per heavy atom. The molecule has 0 N–H and O–H groups in total. The Morgan fingerprint density at radius 3 is 2.57 bits per heavy atom. The quantitative estimate of drug-likeness (QED) is 0.805. The van der Waals surface area contributed by atoms with Crippen LogP contribution >= 0.6 is 0 Å². The number of carbonyl (C=O) groups is 1. The number of alkyl halides is 3. The van der Waals surface area contributed by atoms with E-state index in [2.05, 4.69) is 14.5 Å². The van der Waals surface area contributed by atoms with Crippen molar-refractivity contribution in [2.75, 3.05) is 14.2 Å². The van der Waals surface area contributed by atoms with Crippen LogP contribution in [0.3, 0.4) is 0 Å². The first-order chi connectivity index (χ1) is 9.85. The van der Waals surface area contributed by atoms with Crippen LogP contribution in [-0.4, -0.2) is 25.2 Å². The molecule has 4 nitrogen and oxygen atoms in total. The van der Waals surface area contributed by atoms with E-state index in [9.17, 15) is 18.0 Å². The molecule has 114 valence electrons. The predicted molar refractivity (Wildman–Crippen MR) is 68.5 cm³/mol. The van der Waals surface area contributed by atoms with E-state index < -0.39 is 17.6 Å². The molecule has 1 aromatic rings. The van der Waals surface area contributed by atoms with Gasteiger partial charge < -0.3 is 9.47 Å². The third-order valence-corrected chi connectivity index (χ3v) is 3.29. The molecule has 0 unspecified atom stereocenters. The first-order valence-electron chi connectivity index (χ1n) is 6.23. The van der Waals surface area contributed by atoms with Gasteiger partial charge in [-0.1, -0.05) is 11.6 Å². The molecule has 1 aliphatic rings. The van der Waals surface area contributed by atoms with Gasteiger partial charge >= 0.3 is 12.1 Å². The van der Waals surface area contributed by atoms with Crippen LogP contribution in [0.4, 0.5) is 13.2 Å². The summed E-state index contributed by atoms with van der Waals surface area (Å²) in [5.74, 6) is -0.948. The van der Waals surface area contributed by atoms with E-state index in [-0.39, 0.29) is 11.9 Å². The van der Waals surface area contributed by atoms with Crippen molar-refractivity contribution in [1.82, 2.24) is 4.98 Å². The van der Waals surface area contributed by atoms with Crippen molar-refractivity contribution in [1.29, 1.82) is 0 Å². The number of ether oxygens (including phenoxy) is 2. The Bertz CT molecular complexity index is 573. The lowest BCUT2D eigenvalue weighted by molar-refractivity contribution is -0.146. The topological polar surface area (TPSA) is 48.4 Å². The lowest BCUT2D eigenvalue weighted by atomic mass is 9.79. The summed E-state index contributed by atoms with van der Waals surface area (Å²) in [6.45, 7) is 0. The maximum atomic E-state index is 12.9. The Kier molecular flexibility index (Phi) is 4.20. The molecule has 0 spiro atoms. The number of halogens is 3. The summed E-state index contributed by atoms with van der Waals surface area (Å²) < 4.78 is 47.8. The summed E-state index contributed by atoms with van der Waals surface area (Å²) in [7, 11) is 2.45. The van der Waals surface area contributed by atoms with E-state index in [1.807, 2.05) is 0 Å². The minimum atomic E-state index is -4.53. The zero-order chi connectivity index (χ0) is 15.6. The van der Waals surface area contributed by atoms with Crippen LogP contribution in [0.1, 0.15) is 24.0 Å². The maximum Gasteiger partial charge on any atom is 0.421 e. The molecule has 0 radical (unpaired) electrons. The van der Waals surface area contributed by atoms with Crippen LogP contribution in [-0.2, 0) is 15.7 Å². The molecule has 0 atom stereocenters. The number of esters is 1. The van der Waals surface area contributed by atoms with Gasteiger partial charge in [-0.3, -0.25) is 4.79 Å². The number of hydrogen-bond donors (Lipinski definition) is 0. The molecular weight excluding hydrogens is 287 g/mol. The average Bonchev–Trinajstić information content (AvgIpc) is 2.40. The number of pyridine rings is 1. The van der Waals surface area contributed by atoms with Crippen molar-refractivity contribution in [2.24, 2.45) is 5.92 Å². The maximum absolute atomic E-state index is 12.9. The largest absolute Gasteiger partial charge is 0.481 e. The Labute approximate surface area is 119 Å². The molecule has 1 aromatic heterocycles. The average molecular weight is 301 g/mol. The molecule has 1 saturated carbocycles. The van der Waals surface area contributed by atoms with Crippen LogP contribution < -0.4 is 4.74 Å². The van der Waals surface area contributed by atoms with Gasteiger partial charge in [-0.15, -0.1) is 0 Å². The zero-order valence-corrected chi connectivity index (χ0v) is 11.5. The van der Waals surface area contributed by atoms with Gasteiger partial charge in [0.05, 0.1) is 20.1 Å². The fourth-order valence-corrected chi connectivity index (χ4v) is 2.17. The van der Waals surface area contributed by atoms with E-state index >= 15 is 0 Å². The number of methoxy groups -OCH3 is 2. The number of rotatable bonds is 3. The molecule has 2 rings (SSSR count). The van der Waals surface area contributed by atoms with Crippen LogP contribution in [0.5, 0.6) is 5.88 Å². The van der Waals surface area contributed by atoms with E-state index in [1.54, 1.807) is 6.08 Å². The number of nitrogens with zero attached hydrogens (tertiary/aromatic N) is 1. The van der Waals surface area contributed by atoms with Gasteiger partial charge in [-0.05, 0) is 24.5 Å². The van der Waals surface area contributed by atoms with E-state index in [4.69, 9.17) is 0 Å². The standard InChI is InChI=1S/C14H14F3NO3/c1-20-12-11(14(15,16)17)6-9(7-18-12)3-8-4-10(5-8)13(19)21-2/h3,6-7,10H,4-5H2,1-2H3. The van der Waals surface area contributed by atoms with Gasteiger partial charge in [0.15, 0.2) is 0 Å². The summed E-state index contributed by atoms with van der Waals surface area (Å²) >= 11 is 0. The van der Waals surface area contributed by atoms with Gasteiger partial charge in [0.25, 0.3) is 0 Å². The normalized spacial score (nSPS) is 18.0. The number of allylic oxidation sites excluding steroid dienone is 1. The number of hydrogen-bond acceptors (Lipinski definition) is 4. The van der Waals surface area contributed by atoms with Gasteiger partial charge in [0.1, 0.15) is 5.56 Å². The van der Waals surface area contributed by atoms with Crippen molar-refractivity contribution in [3.8, 4) is 5.88 Å². The van der Waals surface area contributed by atoms with Crippen molar-refractivity contribution in [2.45, 2.75) is 19.0 Å². The van der Waals surface area contributed by atoms with Crippen molar-refractivity contribution < 1.29 is 27.4 Å². The summed E-state index contributed by atoms with van der Waals surface area (Å²) in [5.41, 5.74) is 0.315. The van der Waals surface area contributed by atoms with Crippen molar-refractivity contribution in [3.63, 3.8) is 0 Å². The molecule has 0 bridgehead atoms. The second kappa shape index (κ2) is 5.75. The second-order valence-electron chi connectivity index (χ2n) is 4.75. The fourth-order valence-electron chi connectivity index (χ4n) is 2.17. The summed E-state index contributed by atoms with van der Waals surface area (Å²) in [6, 6.07) is 0.990. The molecule has 0 aromatic carbocycles. The molecule has 1 fully saturated rings.